The van der Waals surface area contributed by atoms with E-state index in [9.17, 15) is 4.79 Å². The molecule has 1 fully saturated rings. The second-order valence-electron chi connectivity index (χ2n) is 5.03. The second-order valence-corrected chi connectivity index (χ2v) is 5.64. The van der Waals surface area contributed by atoms with E-state index in [1.807, 2.05) is 6.92 Å². The van der Waals surface area contributed by atoms with Crippen LogP contribution in [-0.2, 0) is 4.79 Å². The van der Waals surface area contributed by atoms with Gasteiger partial charge in [-0.3, -0.25) is 4.79 Å². The van der Waals surface area contributed by atoms with Gasteiger partial charge in [0.2, 0.25) is 5.91 Å². The first kappa shape index (κ1) is 14.6. The number of halogens is 1. The predicted molar refractivity (Wildman–Crippen MR) is 73.0 cm³/mol. The number of nitrogens with one attached hydrogen (secondary N) is 1. The molecular weight excluding hydrogens is 234 g/mol. The number of hydrogen-bond donors (Lipinski definition) is 1. The largest absolute Gasteiger partial charge is 0.330 e. The molecule has 2 nitrogen and oxygen atoms in total. The molecule has 17 heavy (non-hydrogen) atoms. The molecule has 1 N–H and O–H groups in total. The lowest BCUT2D eigenvalue weighted by molar-refractivity contribution is -0.120. The van der Waals surface area contributed by atoms with Crippen LogP contribution in [0.25, 0.3) is 0 Å². The number of carbonyl (C=O) groups is 1. The highest BCUT2D eigenvalue weighted by atomic mass is 35.5. The first-order valence-corrected chi connectivity index (χ1v) is 7.17. The standard InChI is InChI=1S/C14H24ClNO/c1-3-11(2)16-14(17)9-5-7-12-6-4-8-13(15)10-12/h12-13H,2-10H2,1H3,(H,16,17). The lowest BCUT2D eigenvalue weighted by atomic mass is 9.85. The molecule has 0 heterocycles. The summed E-state index contributed by atoms with van der Waals surface area (Å²) < 4.78 is 0. The van der Waals surface area contributed by atoms with Crippen molar-refractivity contribution in [3.8, 4) is 0 Å². The highest BCUT2D eigenvalue weighted by Crippen LogP contribution is 2.30. The normalized spacial score (nSPS) is 24.4. The van der Waals surface area contributed by atoms with Gasteiger partial charge in [-0.15, -0.1) is 11.6 Å². The molecule has 1 rings (SSSR count). The van der Waals surface area contributed by atoms with Crippen molar-refractivity contribution in [1.82, 2.24) is 5.32 Å². The Labute approximate surface area is 110 Å². The van der Waals surface area contributed by atoms with Crippen LogP contribution < -0.4 is 5.32 Å². The Morgan fingerprint density at radius 1 is 1.47 bits per heavy atom. The van der Waals surface area contributed by atoms with Crippen molar-refractivity contribution in [1.29, 1.82) is 0 Å². The first-order chi connectivity index (χ1) is 8.11. The highest BCUT2D eigenvalue weighted by Gasteiger charge is 2.19. The zero-order valence-corrected chi connectivity index (χ0v) is 11.6. The molecule has 1 amide bonds. The minimum atomic E-state index is 0.107. The third-order valence-electron chi connectivity index (χ3n) is 3.48. The lowest BCUT2D eigenvalue weighted by Gasteiger charge is -2.25. The van der Waals surface area contributed by atoms with Crippen LogP contribution >= 0.6 is 11.6 Å². The van der Waals surface area contributed by atoms with Gasteiger partial charge in [-0.1, -0.05) is 26.3 Å². The van der Waals surface area contributed by atoms with Crippen LogP contribution in [0.2, 0.25) is 0 Å². The summed E-state index contributed by atoms with van der Waals surface area (Å²) in [6.45, 7) is 5.76. The number of carbonyl (C=O) groups excluding carboxylic acids is 1. The van der Waals surface area contributed by atoms with Crippen LogP contribution in [0.4, 0.5) is 0 Å². The number of rotatable bonds is 6. The average Bonchev–Trinajstić information content (AvgIpc) is 2.29. The first-order valence-electron chi connectivity index (χ1n) is 6.73. The molecule has 0 aromatic heterocycles. The van der Waals surface area contributed by atoms with Crippen molar-refractivity contribution in [2.24, 2.45) is 5.92 Å². The van der Waals surface area contributed by atoms with Crippen LogP contribution in [0.15, 0.2) is 12.3 Å². The summed E-state index contributed by atoms with van der Waals surface area (Å²) in [5, 5.41) is 3.18. The maximum atomic E-state index is 11.5. The van der Waals surface area contributed by atoms with E-state index in [-0.39, 0.29) is 5.91 Å². The summed E-state index contributed by atoms with van der Waals surface area (Å²) in [6.07, 6.45) is 8.35. The van der Waals surface area contributed by atoms with Gasteiger partial charge in [-0.2, -0.15) is 0 Å². The average molecular weight is 258 g/mol. The topological polar surface area (TPSA) is 29.1 Å². The zero-order valence-electron chi connectivity index (χ0n) is 10.8. The molecule has 2 atom stereocenters. The van der Waals surface area contributed by atoms with E-state index in [0.29, 0.717) is 11.8 Å². The smallest absolute Gasteiger partial charge is 0.224 e. The third-order valence-corrected chi connectivity index (χ3v) is 3.87. The molecule has 1 aliphatic rings. The van der Waals surface area contributed by atoms with Crippen LogP contribution in [0.5, 0.6) is 0 Å². The van der Waals surface area contributed by atoms with Gasteiger partial charge < -0.3 is 5.32 Å². The van der Waals surface area contributed by atoms with Crippen LogP contribution in [0.3, 0.4) is 0 Å². The molecule has 2 unspecified atom stereocenters. The monoisotopic (exact) mass is 257 g/mol. The Morgan fingerprint density at radius 3 is 2.88 bits per heavy atom. The van der Waals surface area contributed by atoms with Crippen molar-refractivity contribution in [2.45, 2.75) is 63.7 Å². The van der Waals surface area contributed by atoms with Gasteiger partial charge in [-0.05, 0) is 38.0 Å². The molecule has 3 heteroatoms. The molecule has 0 aliphatic heterocycles. The van der Waals surface area contributed by atoms with Gasteiger partial charge in [0.1, 0.15) is 0 Å². The van der Waals surface area contributed by atoms with Gasteiger partial charge in [-0.25, -0.2) is 0 Å². The van der Waals surface area contributed by atoms with E-state index in [1.54, 1.807) is 0 Å². The Balaban J connectivity index is 2.10. The number of hydrogen-bond acceptors (Lipinski definition) is 1. The van der Waals surface area contributed by atoms with Gasteiger partial charge >= 0.3 is 0 Å². The molecular formula is C14H24ClNO. The highest BCUT2D eigenvalue weighted by molar-refractivity contribution is 6.20. The number of allylic oxidation sites excluding steroid dienone is 1. The summed E-state index contributed by atoms with van der Waals surface area (Å²) in [7, 11) is 0. The molecule has 0 aromatic rings. The van der Waals surface area contributed by atoms with Crippen molar-refractivity contribution in [2.75, 3.05) is 0 Å². The Morgan fingerprint density at radius 2 is 2.24 bits per heavy atom. The molecule has 0 spiro atoms. The summed E-state index contributed by atoms with van der Waals surface area (Å²) >= 11 is 6.15. The minimum absolute atomic E-state index is 0.107. The quantitative estimate of drug-likeness (QED) is 0.716. The molecule has 98 valence electrons. The van der Waals surface area contributed by atoms with Gasteiger partial charge in [0.05, 0.1) is 0 Å². The molecule has 1 saturated carbocycles. The van der Waals surface area contributed by atoms with E-state index in [1.165, 1.54) is 12.8 Å². The van der Waals surface area contributed by atoms with Crippen LogP contribution in [-0.4, -0.2) is 11.3 Å². The van der Waals surface area contributed by atoms with E-state index < -0.39 is 0 Å². The maximum Gasteiger partial charge on any atom is 0.224 e. The fourth-order valence-electron chi connectivity index (χ4n) is 2.39. The molecule has 0 saturated heterocycles. The number of alkyl halides is 1. The van der Waals surface area contributed by atoms with E-state index in [4.69, 9.17) is 11.6 Å². The van der Waals surface area contributed by atoms with E-state index in [0.717, 1.165) is 43.7 Å². The Bertz CT molecular complexity index is 265. The van der Waals surface area contributed by atoms with Gasteiger partial charge in [0.25, 0.3) is 0 Å². The molecule has 1 aliphatic carbocycles. The number of amides is 1. The van der Waals surface area contributed by atoms with Crippen molar-refractivity contribution in [3.63, 3.8) is 0 Å². The van der Waals surface area contributed by atoms with Crippen molar-refractivity contribution in [3.05, 3.63) is 12.3 Å². The van der Waals surface area contributed by atoms with Crippen molar-refractivity contribution < 1.29 is 4.79 Å². The lowest BCUT2D eigenvalue weighted by Crippen LogP contribution is -2.22. The SMILES string of the molecule is C=C(CC)NC(=O)CCCC1CCCC(Cl)C1. The maximum absolute atomic E-state index is 11.5. The van der Waals surface area contributed by atoms with Gasteiger partial charge in [0.15, 0.2) is 0 Å². The molecule has 0 aromatic carbocycles. The predicted octanol–water partition coefficient (Wildman–Crippen LogP) is 3.99. The summed E-state index contributed by atoms with van der Waals surface area (Å²) in [5.41, 5.74) is 0.813. The molecule has 0 radical (unpaired) electrons. The summed E-state index contributed by atoms with van der Waals surface area (Å²) in [5.74, 6) is 0.837. The zero-order chi connectivity index (χ0) is 12.7. The second kappa shape index (κ2) is 7.75. The summed E-state index contributed by atoms with van der Waals surface area (Å²) in [6, 6.07) is 0. The van der Waals surface area contributed by atoms with Gasteiger partial charge in [0, 0.05) is 17.5 Å². The molecule has 0 bridgehead atoms. The van der Waals surface area contributed by atoms with Crippen LogP contribution in [0.1, 0.15) is 58.3 Å². The van der Waals surface area contributed by atoms with Crippen molar-refractivity contribution >= 4 is 17.5 Å². The van der Waals surface area contributed by atoms with E-state index >= 15 is 0 Å². The third kappa shape index (κ3) is 6.11. The van der Waals surface area contributed by atoms with E-state index in [2.05, 4.69) is 11.9 Å². The Hall–Kier alpha value is -0.500. The Kier molecular flexibility index (Phi) is 6.64. The fourth-order valence-corrected chi connectivity index (χ4v) is 2.79. The fraction of sp³-hybridized carbons (Fsp3) is 0.786. The van der Waals surface area contributed by atoms with Crippen LogP contribution in [0, 0.1) is 5.92 Å². The minimum Gasteiger partial charge on any atom is -0.330 e. The summed E-state index contributed by atoms with van der Waals surface area (Å²) in [4.78, 5) is 11.5.